The van der Waals surface area contributed by atoms with Crippen LogP contribution in [0.25, 0.3) is 0 Å². The van der Waals surface area contributed by atoms with E-state index < -0.39 is 0 Å². The van der Waals surface area contributed by atoms with Crippen LogP contribution in [-0.4, -0.2) is 35.3 Å². The Balaban J connectivity index is 1.39. The zero-order valence-corrected chi connectivity index (χ0v) is 18.7. The predicted octanol–water partition coefficient (Wildman–Crippen LogP) is 3.68. The van der Waals surface area contributed by atoms with E-state index in [9.17, 15) is 9.59 Å². The van der Waals surface area contributed by atoms with Gasteiger partial charge >= 0.3 is 0 Å². The number of nitrogens with zero attached hydrogens (tertiary/aromatic N) is 2. The third-order valence-electron chi connectivity index (χ3n) is 4.98. The van der Waals surface area contributed by atoms with Crippen LogP contribution >= 0.6 is 11.6 Å². The average molecular weight is 463 g/mol. The van der Waals surface area contributed by atoms with E-state index in [1.165, 1.54) is 6.20 Å². The topological polar surface area (TPSA) is 108 Å². The number of aromatic nitrogens is 1. The van der Waals surface area contributed by atoms with Gasteiger partial charge in [0.25, 0.3) is 11.8 Å². The maximum atomic E-state index is 12.8. The van der Waals surface area contributed by atoms with Crippen LogP contribution in [0.4, 0.5) is 11.5 Å². The summed E-state index contributed by atoms with van der Waals surface area (Å²) in [7, 11) is 0. The van der Waals surface area contributed by atoms with Crippen molar-refractivity contribution in [3.63, 3.8) is 0 Å². The monoisotopic (exact) mass is 462 g/mol. The van der Waals surface area contributed by atoms with E-state index in [1.807, 2.05) is 19.1 Å². The van der Waals surface area contributed by atoms with Crippen LogP contribution in [-0.2, 0) is 6.54 Å². The second-order valence-corrected chi connectivity index (χ2v) is 8.01. The number of carbonyl (C=O) groups excluding carboxylic acids is 2. The first-order valence-corrected chi connectivity index (χ1v) is 10.8. The fourth-order valence-corrected chi connectivity index (χ4v) is 3.35. The molecule has 9 heteroatoms. The molecule has 168 valence electrons. The highest BCUT2D eigenvalue weighted by atomic mass is 35.5. The second kappa shape index (κ2) is 10.1. The number of guanidine groups is 1. The Kier molecular flexibility index (Phi) is 6.85. The minimum Gasteiger partial charge on any atom is -0.354 e. The molecular formula is C24H23ClN6O2. The van der Waals surface area contributed by atoms with Gasteiger partial charge in [0.1, 0.15) is 5.82 Å². The van der Waals surface area contributed by atoms with Crippen molar-refractivity contribution in [3.8, 4) is 0 Å². The molecule has 0 fully saturated rings. The number of halogens is 1. The van der Waals surface area contributed by atoms with Crippen molar-refractivity contribution in [2.24, 2.45) is 4.99 Å². The summed E-state index contributed by atoms with van der Waals surface area (Å²) in [6.45, 7) is 3.48. The van der Waals surface area contributed by atoms with Gasteiger partial charge in [0.05, 0.1) is 22.3 Å². The molecule has 0 saturated heterocycles. The smallest absolute Gasteiger partial charge is 0.258 e. The van der Waals surface area contributed by atoms with Gasteiger partial charge < -0.3 is 21.3 Å². The molecule has 0 saturated carbocycles. The fraction of sp³-hybridized carbons (Fsp3) is 0.167. The van der Waals surface area contributed by atoms with E-state index in [0.29, 0.717) is 34.2 Å². The SMILES string of the molecule is CC1CNC(NCc2ccc(C(=O)Nc3ccccc3C(=O)Nc3ccc(Cl)cn3)cc2)=N1. The van der Waals surface area contributed by atoms with E-state index in [4.69, 9.17) is 11.6 Å². The highest BCUT2D eigenvalue weighted by Gasteiger charge is 2.15. The van der Waals surface area contributed by atoms with Gasteiger partial charge in [-0.2, -0.15) is 0 Å². The highest BCUT2D eigenvalue weighted by Crippen LogP contribution is 2.19. The molecule has 1 unspecified atom stereocenters. The molecule has 2 heterocycles. The van der Waals surface area contributed by atoms with Gasteiger partial charge in [-0.25, -0.2) is 9.98 Å². The molecule has 33 heavy (non-hydrogen) atoms. The zero-order chi connectivity index (χ0) is 23.2. The number of rotatable bonds is 6. The van der Waals surface area contributed by atoms with E-state index >= 15 is 0 Å². The van der Waals surface area contributed by atoms with Crippen molar-refractivity contribution in [2.75, 3.05) is 17.2 Å². The number of amides is 2. The molecule has 4 N–H and O–H groups in total. The average Bonchev–Trinajstić information content (AvgIpc) is 3.25. The predicted molar refractivity (Wildman–Crippen MR) is 130 cm³/mol. The number of aliphatic imine (C=N–C) groups is 1. The van der Waals surface area contributed by atoms with Crippen LogP contribution in [0.15, 0.2) is 71.9 Å². The first-order chi connectivity index (χ1) is 16.0. The molecule has 0 aliphatic carbocycles. The van der Waals surface area contributed by atoms with Gasteiger partial charge in [-0.3, -0.25) is 9.59 Å². The van der Waals surface area contributed by atoms with Gasteiger partial charge in [-0.15, -0.1) is 0 Å². The van der Waals surface area contributed by atoms with Crippen LogP contribution in [0.1, 0.15) is 33.2 Å². The van der Waals surface area contributed by atoms with Crippen LogP contribution < -0.4 is 21.3 Å². The van der Waals surface area contributed by atoms with Crippen LogP contribution in [0.3, 0.4) is 0 Å². The summed E-state index contributed by atoms with van der Waals surface area (Å²) in [5.41, 5.74) is 2.23. The second-order valence-electron chi connectivity index (χ2n) is 7.57. The number of carbonyl (C=O) groups is 2. The Hall–Kier alpha value is -3.91. The summed E-state index contributed by atoms with van der Waals surface area (Å²) >= 11 is 5.83. The zero-order valence-electron chi connectivity index (χ0n) is 17.9. The lowest BCUT2D eigenvalue weighted by Crippen LogP contribution is -2.33. The lowest BCUT2D eigenvalue weighted by molar-refractivity contribution is 0.102. The standard InChI is InChI=1S/C24H23ClN6O2/c1-15-12-27-24(29-15)28-13-16-6-8-17(9-7-16)22(32)30-20-5-3-2-4-19(20)23(33)31-21-11-10-18(25)14-26-21/h2-11,14-15H,12-13H2,1H3,(H,30,32)(H,26,31,33)(H2,27,28,29). The van der Waals surface area contributed by atoms with Gasteiger partial charge in [0, 0.05) is 24.8 Å². The molecular weight excluding hydrogens is 440 g/mol. The Morgan fingerprint density at radius 1 is 1.03 bits per heavy atom. The quantitative estimate of drug-likeness (QED) is 0.447. The summed E-state index contributed by atoms with van der Waals surface area (Å²) < 4.78 is 0. The molecule has 4 rings (SSSR count). The number of nitrogens with one attached hydrogen (secondary N) is 4. The number of benzene rings is 2. The minimum atomic E-state index is -0.389. The summed E-state index contributed by atoms with van der Waals surface area (Å²) in [5.74, 6) is 0.450. The molecule has 0 bridgehead atoms. The molecule has 1 aliphatic rings. The maximum absolute atomic E-state index is 12.8. The van der Waals surface area contributed by atoms with Crippen molar-refractivity contribution < 1.29 is 9.59 Å². The van der Waals surface area contributed by atoms with Crippen LogP contribution in [0.2, 0.25) is 5.02 Å². The van der Waals surface area contributed by atoms with Gasteiger partial charge in [0.15, 0.2) is 5.96 Å². The minimum absolute atomic E-state index is 0.269. The Bertz CT molecular complexity index is 1180. The van der Waals surface area contributed by atoms with Crippen molar-refractivity contribution in [2.45, 2.75) is 19.5 Å². The molecule has 2 aromatic carbocycles. The third-order valence-corrected chi connectivity index (χ3v) is 5.20. The van der Waals surface area contributed by atoms with E-state index in [0.717, 1.165) is 18.1 Å². The normalized spacial score (nSPS) is 14.7. The molecule has 0 spiro atoms. The molecule has 8 nitrogen and oxygen atoms in total. The van der Waals surface area contributed by atoms with Crippen molar-refractivity contribution in [1.82, 2.24) is 15.6 Å². The lowest BCUT2D eigenvalue weighted by atomic mass is 10.1. The largest absolute Gasteiger partial charge is 0.354 e. The van der Waals surface area contributed by atoms with Gasteiger partial charge in [-0.1, -0.05) is 35.9 Å². The van der Waals surface area contributed by atoms with Crippen molar-refractivity contribution >= 4 is 40.9 Å². The van der Waals surface area contributed by atoms with Crippen molar-refractivity contribution in [3.05, 3.63) is 88.6 Å². The maximum Gasteiger partial charge on any atom is 0.258 e. The fourth-order valence-electron chi connectivity index (χ4n) is 3.24. The molecule has 0 radical (unpaired) electrons. The van der Waals surface area contributed by atoms with Crippen LogP contribution in [0, 0.1) is 0 Å². The summed E-state index contributed by atoms with van der Waals surface area (Å²) in [5, 5.41) is 12.4. The third kappa shape index (κ3) is 5.87. The molecule has 3 aromatic rings. The number of anilines is 2. The number of hydrogen-bond donors (Lipinski definition) is 4. The lowest BCUT2D eigenvalue weighted by Gasteiger charge is -2.12. The first kappa shape index (κ1) is 22.3. The summed E-state index contributed by atoms with van der Waals surface area (Å²) in [6, 6.07) is 17.6. The summed E-state index contributed by atoms with van der Waals surface area (Å²) in [6.07, 6.45) is 1.45. The molecule has 1 atom stereocenters. The van der Waals surface area contributed by atoms with Gasteiger partial charge in [0.2, 0.25) is 0 Å². The van der Waals surface area contributed by atoms with E-state index in [2.05, 4.69) is 31.2 Å². The number of pyridine rings is 1. The summed E-state index contributed by atoms with van der Waals surface area (Å²) in [4.78, 5) is 34.0. The van der Waals surface area contributed by atoms with Crippen LogP contribution in [0.5, 0.6) is 0 Å². The molecule has 1 aliphatic heterocycles. The first-order valence-electron chi connectivity index (χ1n) is 10.5. The Morgan fingerprint density at radius 3 is 2.52 bits per heavy atom. The molecule has 2 amide bonds. The Labute approximate surface area is 196 Å². The van der Waals surface area contributed by atoms with Gasteiger partial charge in [-0.05, 0) is 48.9 Å². The van der Waals surface area contributed by atoms with Crippen molar-refractivity contribution in [1.29, 1.82) is 0 Å². The highest BCUT2D eigenvalue weighted by molar-refractivity contribution is 6.30. The molecule has 1 aromatic heterocycles. The van der Waals surface area contributed by atoms with E-state index in [1.54, 1.807) is 48.5 Å². The Morgan fingerprint density at radius 2 is 1.82 bits per heavy atom. The number of para-hydroxylation sites is 1. The number of hydrogen-bond acceptors (Lipinski definition) is 6. The van der Waals surface area contributed by atoms with E-state index in [-0.39, 0.29) is 17.9 Å².